The van der Waals surface area contributed by atoms with Gasteiger partial charge in [-0.2, -0.15) is 0 Å². The molecule has 0 aromatic carbocycles. The van der Waals surface area contributed by atoms with Crippen LogP contribution >= 0.6 is 7.75 Å². The van der Waals surface area contributed by atoms with Crippen molar-refractivity contribution in [1.29, 1.82) is 0 Å². The monoisotopic (exact) mass is 666 g/mol. The fourth-order valence-corrected chi connectivity index (χ4v) is 8.75. The Balaban J connectivity index is 1.24. The Bertz CT molecular complexity index is 1690. The molecule has 6 heterocycles. The number of methoxy groups -OCH3 is 1. The van der Waals surface area contributed by atoms with E-state index >= 15 is 0 Å². The molecule has 3 saturated heterocycles. The quantitative estimate of drug-likeness (QED) is 0.209. The number of aromatic amines is 1. The van der Waals surface area contributed by atoms with Crippen LogP contribution in [0, 0.1) is 11.8 Å². The minimum Gasteiger partial charge on any atom is -0.394 e. The van der Waals surface area contributed by atoms with Crippen molar-refractivity contribution in [3.05, 3.63) is 45.8 Å². The highest BCUT2D eigenvalue weighted by Gasteiger charge is 2.50. The minimum atomic E-state index is -4.12. The maximum Gasteiger partial charge on any atom is 0.408 e. The number of aromatic nitrogens is 6. The van der Waals surface area contributed by atoms with E-state index in [1.54, 1.807) is 9.24 Å². The number of fused-ring (bicyclic) bond motifs is 1. The second-order valence-electron chi connectivity index (χ2n) is 12.1. The van der Waals surface area contributed by atoms with Gasteiger partial charge in [-0.1, -0.05) is 13.8 Å². The summed E-state index contributed by atoms with van der Waals surface area (Å²) in [6.45, 7) is 4.15. The molecular formula is C27H39N8O10P. The molecule has 3 aromatic rings. The fourth-order valence-electron chi connectivity index (χ4n) is 6.54. The van der Waals surface area contributed by atoms with Gasteiger partial charge in [-0.05, 0) is 18.3 Å². The van der Waals surface area contributed by atoms with Crippen LogP contribution in [0.15, 0.2) is 34.5 Å². The summed E-state index contributed by atoms with van der Waals surface area (Å²) in [6.07, 6.45) is -1.68. The molecule has 6 rings (SSSR count). The number of hydrogen-bond acceptors (Lipinski definition) is 14. The van der Waals surface area contributed by atoms with Crippen molar-refractivity contribution >= 4 is 24.7 Å². The predicted octanol–water partition coefficient (Wildman–Crippen LogP) is -0.000400. The molecule has 3 aliphatic rings. The number of nitrogens with two attached hydrogens (primary N) is 1. The van der Waals surface area contributed by atoms with Gasteiger partial charge in [0.05, 0.1) is 19.5 Å². The van der Waals surface area contributed by atoms with Crippen LogP contribution < -0.4 is 17.0 Å². The fraction of sp³-hybridized carbons (Fsp3) is 0.667. The Kier molecular flexibility index (Phi) is 9.44. The standard InChI is InChI=1S/C27H39N8O10P/c1-14-6-15(2)9-33(8-14)46(40,42-11-18-22(38)23(41-3)26(44-18)34-5-4-19(37)32-27(34)39)45-16-7-20(43-17(16)10-36)35-13-31-21-24(28)29-12-30-25(21)35/h4-5,12-18,20,22-23,26,36,38H,6-11H2,1-3H3,(H2,28,29,30)(H,32,37,39)/t14?,15?,16?,17-,18-,20-,22?,23+,26-,46?/m1/s1. The number of imidazole rings is 1. The first-order valence-electron chi connectivity index (χ1n) is 15.1. The topological polar surface area (TPSA) is 231 Å². The summed E-state index contributed by atoms with van der Waals surface area (Å²) >= 11 is 0. The Hall–Kier alpha value is -3.06. The van der Waals surface area contributed by atoms with Crippen molar-refractivity contribution < 1.29 is 38.0 Å². The summed E-state index contributed by atoms with van der Waals surface area (Å²) in [4.78, 5) is 38.7. The van der Waals surface area contributed by atoms with Crippen molar-refractivity contribution in [2.24, 2.45) is 11.8 Å². The molecule has 19 heteroatoms. The molecule has 46 heavy (non-hydrogen) atoms. The average molecular weight is 667 g/mol. The van der Waals surface area contributed by atoms with E-state index in [4.69, 9.17) is 29.0 Å². The van der Waals surface area contributed by atoms with Crippen molar-refractivity contribution in [1.82, 2.24) is 33.7 Å². The molecule has 0 saturated carbocycles. The molecule has 0 spiro atoms. The number of rotatable bonds is 10. The molecule has 10 atom stereocenters. The highest BCUT2D eigenvalue weighted by molar-refractivity contribution is 7.51. The molecule has 0 radical (unpaired) electrons. The number of hydrogen-bond donors (Lipinski definition) is 4. The summed E-state index contributed by atoms with van der Waals surface area (Å²) in [5.41, 5.74) is 5.44. The molecule has 5 unspecified atom stereocenters. The number of nitrogens with zero attached hydrogens (tertiary/aromatic N) is 6. The number of ether oxygens (including phenoxy) is 3. The zero-order valence-electron chi connectivity index (χ0n) is 25.6. The molecule has 18 nitrogen and oxygen atoms in total. The van der Waals surface area contributed by atoms with Gasteiger partial charge in [-0.3, -0.25) is 28.0 Å². The highest BCUT2D eigenvalue weighted by Crippen LogP contribution is 2.57. The summed E-state index contributed by atoms with van der Waals surface area (Å²) in [5, 5.41) is 21.3. The van der Waals surface area contributed by atoms with Crippen molar-refractivity contribution in [2.45, 2.75) is 69.7 Å². The van der Waals surface area contributed by atoms with Gasteiger partial charge in [0.2, 0.25) is 0 Å². The lowest BCUT2D eigenvalue weighted by Gasteiger charge is -2.39. The van der Waals surface area contributed by atoms with Gasteiger partial charge >= 0.3 is 13.4 Å². The number of aliphatic hydroxyl groups excluding tert-OH is 2. The van der Waals surface area contributed by atoms with Crippen LogP contribution in [-0.4, -0.2) is 108 Å². The van der Waals surface area contributed by atoms with E-state index in [2.05, 4.69) is 33.8 Å². The van der Waals surface area contributed by atoms with Gasteiger partial charge in [-0.15, -0.1) is 0 Å². The average Bonchev–Trinajstić information content (AvgIpc) is 3.71. The van der Waals surface area contributed by atoms with Gasteiger partial charge in [0.15, 0.2) is 17.7 Å². The normalized spacial score (nSPS) is 33.5. The zero-order chi connectivity index (χ0) is 32.7. The van der Waals surface area contributed by atoms with Gasteiger partial charge in [0.25, 0.3) is 5.56 Å². The van der Waals surface area contributed by atoms with E-state index in [0.717, 1.165) is 17.1 Å². The van der Waals surface area contributed by atoms with Crippen molar-refractivity contribution in [3.8, 4) is 0 Å². The molecule has 5 N–H and O–H groups in total. The molecule has 3 aliphatic heterocycles. The summed E-state index contributed by atoms with van der Waals surface area (Å²) < 4.78 is 49.2. The smallest absolute Gasteiger partial charge is 0.394 e. The number of nitrogens with one attached hydrogen (secondary N) is 1. The molecule has 0 aliphatic carbocycles. The predicted molar refractivity (Wildman–Crippen MR) is 160 cm³/mol. The van der Waals surface area contributed by atoms with E-state index in [9.17, 15) is 24.4 Å². The SMILES string of the molecule is CO[C@H]1C(O)[C@@H](COP(=O)(OC2C[C@H](n3cnc4c(N)ncnc43)O[C@@H]2CO)N2CC(C)CC(C)C2)O[C@H]1n1ccc(=O)[nH]c1=O. The third-order valence-corrected chi connectivity index (χ3v) is 10.7. The van der Waals surface area contributed by atoms with Crippen LogP contribution in [0.2, 0.25) is 0 Å². The summed E-state index contributed by atoms with van der Waals surface area (Å²) in [7, 11) is -2.77. The highest BCUT2D eigenvalue weighted by atomic mass is 31.2. The summed E-state index contributed by atoms with van der Waals surface area (Å²) in [6, 6.07) is 1.15. The van der Waals surface area contributed by atoms with Crippen LogP contribution in [0.3, 0.4) is 0 Å². The third-order valence-electron chi connectivity index (χ3n) is 8.63. The minimum absolute atomic E-state index is 0.179. The van der Waals surface area contributed by atoms with E-state index in [1.165, 1.54) is 26.0 Å². The van der Waals surface area contributed by atoms with E-state index in [-0.39, 0.29) is 30.7 Å². The van der Waals surface area contributed by atoms with Crippen LogP contribution in [0.4, 0.5) is 5.82 Å². The Morgan fingerprint density at radius 1 is 1.11 bits per heavy atom. The number of nitrogen functional groups attached to an aromatic ring is 1. The molecule has 252 valence electrons. The van der Waals surface area contributed by atoms with E-state index < -0.39 is 68.6 Å². The second kappa shape index (κ2) is 13.2. The molecule has 3 aromatic heterocycles. The Morgan fingerprint density at radius 2 is 1.87 bits per heavy atom. The Labute approximate surface area is 263 Å². The van der Waals surface area contributed by atoms with Gasteiger partial charge in [0, 0.05) is 38.9 Å². The maximum absolute atomic E-state index is 14.8. The Morgan fingerprint density at radius 3 is 2.57 bits per heavy atom. The van der Waals surface area contributed by atoms with E-state index in [0.29, 0.717) is 24.3 Å². The lowest BCUT2D eigenvalue weighted by atomic mass is 9.94. The number of piperidine rings is 1. The third kappa shape index (κ3) is 6.28. The number of aliphatic hydroxyl groups is 2. The number of H-pyrrole nitrogens is 1. The molecule has 0 bridgehead atoms. The lowest BCUT2D eigenvalue weighted by molar-refractivity contribution is -0.0654. The van der Waals surface area contributed by atoms with Crippen LogP contribution in [0.25, 0.3) is 11.2 Å². The molecular weight excluding hydrogens is 627 g/mol. The second-order valence-corrected chi connectivity index (χ2v) is 14.1. The van der Waals surface area contributed by atoms with E-state index in [1.807, 2.05) is 0 Å². The zero-order valence-corrected chi connectivity index (χ0v) is 26.5. The summed E-state index contributed by atoms with van der Waals surface area (Å²) in [5.74, 6) is 0.588. The number of anilines is 1. The first kappa shape index (κ1) is 32.9. The molecule has 0 amide bonds. The van der Waals surface area contributed by atoms with Crippen LogP contribution in [0.5, 0.6) is 0 Å². The van der Waals surface area contributed by atoms with Crippen molar-refractivity contribution in [2.75, 3.05) is 39.1 Å². The first-order valence-corrected chi connectivity index (χ1v) is 16.6. The van der Waals surface area contributed by atoms with Crippen LogP contribution in [-0.2, 0) is 27.8 Å². The van der Waals surface area contributed by atoms with Gasteiger partial charge in [0.1, 0.15) is 48.6 Å². The maximum atomic E-state index is 14.8. The van der Waals surface area contributed by atoms with Crippen molar-refractivity contribution in [3.63, 3.8) is 0 Å². The largest absolute Gasteiger partial charge is 0.408 e. The van der Waals surface area contributed by atoms with Gasteiger partial charge < -0.3 is 30.2 Å². The molecule has 3 fully saturated rings. The lowest BCUT2D eigenvalue weighted by Crippen LogP contribution is -2.41. The first-order chi connectivity index (χ1) is 22.0. The van der Waals surface area contributed by atoms with Crippen LogP contribution in [0.1, 0.15) is 39.1 Å². The van der Waals surface area contributed by atoms with Gasteiger partial charge in [-0.25, -0.2) is 29.0 Å².